The van der Waals surface area contributed by atoms with Crippen LogP contribution >= 0.6 is 0 Å². The summed E-state index contributed by atoms with van der Waals surface area (Å²) >= 11 is 0. The molecule has 4 aliphatic carbocycles. The highest BCUT2D eigenvalue weighted by atomic mass is 19.3. The highest BCUT2D eigenvalue weighted by molar-refractivity contribution is 5.99. The van der Waals surface area contributed by atoms with E-state index in [1.807, 2.05) is 0 Å². The van der Waals surface area contributed by atoms with E-state index >= 15 is 0 Å². The maximum atomic E-state index is 14.8. The van der Waals surface area contributed by atoms with Crippen LogP contribution in [0.1, 0.15) is 73.0 Å². The molecule has 1 aromatic carbocycles. The molecule has 1 saturated heterocycles. The van der Waals surface area contributed by atoms with E-state index in [0.29, 0.717) is 29.0 Å². The Kier molecular flexibility index (Phi) is 5.89. The van der Waals surface area contributed by atoms with Gasteiger partial charge in [-0.1, -0.05) is 18.2 Å². The number of alkyl halides is 2. The fourth-order valence-electron chi connectivity index (χ4n) is 7.23. The Labute approximate surface area is 214 Å². The van der Waals surface area contributed by atoms with Crippen LogP contribution in [0.5, 0.6) is 0 Å². The number of hydrogen-bond acceptors (Lipinski definition) is 4. The van der Waals surface area contributed by atoms with Gasteiger partial charge in [-0.3, -0.25) is 9.59 Å². The number of nitrogens with one attached hydrogen (secondary N) is 2. The van der Waals surface area contributed by atoms with Crippen LogP contribution in [-0.4, -0.2) is 41.6 Å². The van der Waals surface area contributed by atoms with Crippen molar-refractivity contribution >= 4 is 11.6 Å². The fraction of sp³-hybridized carbons (Fsp3) is 0.571. The third-order valence-electron chi connectivity index (χ3n) is 9.26. The van der Waals surface area contributed by atoms with E-state index in [1.165, 1.54) is 18.2 Å². The average molecular weight is 515 g/mol. The van der Waals surface area contributed by atoms with Crippen molar-refractivity contribution in [2.75, 3.05) is 25.5 Å². The number of rotatable bonds is 7. The van der Waals surface area contributed by atoms with Gasteiger partial charge in [0, 0.05) is 42.5 Å². The second-order valence-corrected chi connectivity index (χ2v) is 11.7. The molecule has 198 valence electrons. The van der Waals surface area contributed by atoms with Gasteiger partial charge in [-0.2, -0.15) is 0 Å². The Bertz CT molecular complexity index is 1260. The first-order valence-electron chi connectivity index (χ1n) is 13.2. The molecule has 4 atom stereocenters. The lowest BCUT2D eigenvalue weighted by Crippen LogP contribution is -2.62. The molecule has 9 heteroatoms. The molecule has 0 spiro atoms. The van der Waals surface area contributed by atoms with Crippen LogP contribution in [0.25, 0.3) is 0 Å². The Morgan fingerprint density at radius 1 is 1.11 bits per heavy atom. The zero-order chi connectivity index (χ0) is 26.1. The van der Waals surface area contributed by atoms with Crippen LogP contribution < -0.4 is 16.2 Å². The summed E-state index contributed by atoms with van der Waals surface area (Å²) in [6.45, 7) is 3.51. The molecule has 5 fully saturated rings. The number of nitrogens with zero attached hydrogens (tertiary/aromatic N) is 2. The number of pyridine rings is 1. The number of fused-ring (bicyclic) bond motifs is 2. The normalized spacial score (nSPS) is 31.0. The van der Waals surface area contributed by atoms with Gasteiger partial charge in [0.15, 0.2) is 0 Å². The number of hydrogen-bond donors (Lipinski definition) is 2. The van der Waals surface area contributed by atoms with E-state index in [1.54, 1.807) is 17.7 Å². The third-order valence-corrected chi connectivity index (χ3v) is 9.26. The van der Waals surface area contributed by atoms with E-state index in [4.69, 9.17) is 0 Å². The Morgan fingerprint density at radius 2 is 1.76 bits per heavy atom. The minimum atomic E-state index is -2.94. The van der Waals surface area contributed by atoms with E-state index in [-0.39, 0.29) is 22.7 Å². The quantitative estimate of drug-likeness (QED) is 0.563. The molecule has 2 aromatic rings. The van der Waals surface area contributed by atoms with Gasteiger partial charge < -0.3 is 20.1 Å². The smallest absolute Gasteiger partial charge is 0.266 e. The van der Waals surface area contributed by atoms with Crippen molar-refractivity contribution in [3.63, 3.8) is 0 Å². The Balaban J connectivity index is 1.31. The van der Waals surface area contributed by atoms with Gasteiger partial charge in [0.05, 0.1) is 22.9 Å². The van der Waals surface area contributed by atoms with Crippen LogP contribution in [0.4, 0.5) is 18.9 Å². The second-order valence-electron chi connectivity index (χ2n) is 11.7. The van der Waals surface area contributed by atoms with Gasteiger partial charge in [-0.25, -0.2) is 13.2 Å². The molecule has 1 amide bonds. The van der Waals surface area contributed by atoms with E-state index in [9.17, 15) is 22.8 Å². The SMILES string of the molecule is C[C@@H](NC(=O)c1cn(C23CC(C2)C3)c(=O)cc1N[C@H]1[C@@H]2CC[C@H]1CN(C)C2)c1cccc(C(F)F)c1F. The number of amides is 1. The number of aromatic nitrogens is 1. The molecule has 7 rings (SSSR count). The lowest BCUT2D eigenvalue weighted by Gasteiger charge is -2.62. The predicted octanol–water partition coefficient (Wildman–Crippen LogP) is 4.68. The van der Waals surface area contributed by atoms with Gasteiger partial charge >= 0.3 is 0 Å². The molecule has 1 aliphatic heterocycles. The molecule has 5 aliphatic rings. The molecule has 2 N–H and O–H groups in total. The summed E-state index contributed by atoms with van der Waals surface area (Å²) in [5.41, 5.74) is -0.185. The van der Waals surface area contributed by atoms with Crippen LogP contribution in [0, 0.1) is 23.6 Å². The van der Waals surface area contributed by atoms with E-state index in [2.05, 4.69) is 22.6 Å². The molecule has 0 unspecified atom stereocenters. The van der Waals surface area contributed by atoms with Crippen molar-refractivity contribution in [3.05, 3.63) is 63.3 Å². The third kappa shape index (κ3) is 4.06. The van der Waals surface area contributed by atoms with Crippen molar-refractivity contribution in [2.24, 2.45) is 17.8 Å². The van der Waals surface area contributed by atoms with Gasteiger partial charge in [0.25, 0.3) is 17.9 Å². The zero-order valence-corrected chi connectivity index (χ0v) is 21.1. The Morgan fingerprint density at radius 3 is 2.35 bits per heavy atom. The summed E-state index contributed by atoms with van der Waals surface area (Å²) < 4.78 is 43.0. The average Bonchev–Trinajstić information content (AvgIpc) is 3.01. The molecule has 6 nitrogen and oxygen atoms in total. The number of likely N-dealkylation sites (tertiary alicyclic amines) is 1. The minimum absolute atomic E-state index is 0.00163. The van der Waals surface area contributed by atoms with Crippen LogP contribution in [-0.2, 0) is 5.54 Å². The standard InChI is InChI=1S/C28H33F3N4O2/c1-15(19-4-3-5-20(24(19)29)26(30)31)32-27(37)21-14-35(28-9-16(10-28)11-28)23(36)8-22(21)33-25-17-6-7-18(25)13-34(2)12-17/h3-5,8,14-18,25-26,33H,6-7,9-13H2,1-2H3,(H,32,37)/t15-,16?,17-,18+,25+,28?/m1/s1. The molecule has 37 heavy (non-hydrogen) atoms. The largest absolute Gasteiger partial charge is 0.381 e. The van der Waals surface area contributed by atoms with Crippen molar-refractivity contribution in [3.8, 4) is 0 Å². The maximum Gasteiger partial charge on any atom is 0.266 e. The van der Waals surface area contributed by atoms with E-state index < -0.39 is 29.8 Å². The maximum absolute atomic E-state index is 14.8. The number of carbonyl (C=O) groups excluding carboxylic acids is 1. The molecule has 4 bridgehead atoms. The summed E-state index contributed by atoms with van der Waals surface area (Å²) in [6.07, 6.45) is 3.76. The summed E-state index contributed by atoms with van der Waals surface area (Å²) in [5, 5.41) is 6.36. The van der Waals surface area contributed by atoms with Crippen LogP contribution in [0.3, 0.4) is 0 Å². The topological polar surface area (TPSA) is 66.4 Å². The number of benzene rings is 1. The van der Waals surface area contributed by atoms with Crippen molar-refractivity contribution < 1.29 is 18.0 Å². The fourth-order valence-corrected chi connectivity index (χ4v) is 7.23. The van der Waals surface area contributed by atoms with Crippen molar-refractivity contribution in [2.45, 2.75) is 63.1 Å². The molecule has 0 radical (unpaired) electrons. The number of halogens is 3. The summed E-state index contributed by atoms with van der Waals surface area (Å²) in [4.78, 5) is 29.2. The van der Waals surface area contributed by atoms with E-state index in [0.717, 1.165) is 51.3 Å². The molecule has 2 heterocycles. The monoisotopic (exact) mass is 514 g/mol. The first-order valence-corrected chi connectivity index (χ1v) is 13.2. The minimum Gasteiger partial charge on any atom is -0.381 e. The highest BCUT2D eigenvalue weighted by Gasteiger charge is 2.58. The van der Waals surface area contributed by atoms with Crippen LogP contribution in [0.2, 0.25) is 0 Å². The number of carbonyl (C=O) groups is 1. The number of anilines is 1. The first-order chi connectivity index (χ1) is 17.6. The summed E-state index contributed by atoms with van der Waals surface area (Å²) in [6, 6.07) is 4.70. The summed E-state index contributed by atoms with van der Waals surface area (Å²) in [5.74, 6) is 0.0550. The summed E-state index contributed by atoms with van der Waals surface area (Å²) in [7, 11) is 2.12. The van der Waals surface area contributed by atoms with Crippen molar-refractivity contribution in [1.82, 2.24) is 14.8 Å². The first kappa shape index (κ1) is 24.5. The molecular weight excluding hydrogens is 481 g/mol. The highest BCUT2D eigenvalue weighted by Crippen LogP contribution is 2.61. The zero-order valence-electron chi connectivity index (χ0n) is 21.1. The van der Waals surface area contributed by atoms with Gasteiger partial charge in [-0.05, 0) is 63.8 Å². The van der Waals surface area contributed by atoms with Gasteiger partial charge in [0.2, 0.25) is 0 Å². The Hall–Kier alpha value is -2.81. The van der Waals surface area contributed by atoms with Gasteiger partial charge in [0.1, 0.15) is 5.82 Å². The van der Waals surface area contributed by atoms with Crippen LogP contribution in [0.15, 0.2) is 35.3 Å². The lowest BCUT2D eigenvalue weighted by molar-refractivity contribution is -0.0914. The number of piperidine rings is 1. The molecule has 1 aromatic heterocycles. The lowest BCUT2D eigenvalue weighted by atomic mass is 9.49. The van der Waals surface area contributed by atoms with Gasteiger partial charge in [-0.15, -0.1) is 0 Å². The molecule has 4 saturated carbocycles. The molecular formula is C28H33F3N4O2. The second kappa shape index (κ2) is 8.89. The predicted molar refractivity (Wildman–Crippen MR) is 134 cm³/mol. The van der Waals surface area contributed by atoms with Crippen molar-refractivity contribution in [1.29, 1.82) is 0 Å².